The van der Waals surface area contributed by atoms with E-state index in [1.807, 2.05) is 0 Å². The summed E-state index contributed by atoms with van der Waals surface area (Å²) in [5.41, 5.74) is 1.06. The first-order chi connectivity index (χ1) is 17.7. The summed E-state index contributed by atoms with van der Waals surface area (Å²) in [6.45, 7) is -0.104. The van der Waals surface area contributed by atoms with Crippen LogP contribution in [0.25, 0.3) is 0 Å². The predicted molar refractivity (Wildman–Crippen MR) is 129 cm³/mol. The van der Waals surface area contributed by atoms with Crippen LogP contribution >= 0.6 is 0 Å². The summed E-state index contributed by atoms with van der Waals surface area (Å²) >= 11 is 0. The van der Waals surface area contributed by atoms with Crippen LogP contribution < -0.4 is 10.1 Å². The third-order valence-corrected chi connectivity index (χ3v) is 6.10. The maximum Gasteiger partial charge on any atom is 0.416 e. The molecule has 10 heteroatoms. The molecule has 2 atom stereocenters. The number of benzene rings is 3. The molecule has 37 heavy (non-hydrogen) atoms. The van der Waals surface area contributed by atoms with Crippen LogP contribution in [0, 0.1) is 0 Å². The Labute approximate surface area is 211 Å². The number of amides is 2. The normalized spacial score (nSPS) is 16.8. The molecule has 1 heterocycles. The molecule has 1 fully saturated rings. The fourth-order valence-corrected chi connectivity index (χ4v) is 4.10. The van der Waals surface area contributed by atoms with Crippen LogP contribution in [-0.2, 0) is 22.3 Å². The summed E-state index contributed by atoms with van der Waals surface area (Å²) in [6.07, 6.45) is -5.58. The van der Waals surface area contributed by atoms with E-state index >= 15 is 0 Å². The number of halogens is 3. The molecule has 0 radical (unpaired) electrons. The number of morpholine rings is 1. The van der Waals surface area contributed by atoms with Gasteiger partial charge in [0.1, 0.15) is 18.5 Å². The second kappa shape index (κ2) is 11.0. The van der Waals surface area contributed by atoms with Crippen molar-refractivity contribution in [3.63, 3.8) is 0 Å². The van der Waals surface area contributed by atoms with Crippen LogP contribution in [-0.4, -0.2) is 48.2 Å². The number of alkyl halides is 3. The molecular weight excluding hydrogens is 489 g/mol. The maximum absolute atomic E-state index is 12.9. The van der Waals surface area contributed by atoms with Gasteiger partial charge in [0.2, 0.25) is 5.91 Å². The summed E-state index contributed by atoms with van der Waals surface area (Å²) in [4.78, 5) is 26.6. The SMILES string of the molecule is COc1ccccc1C(=O)Nc1ccc(C(O)C2COCC(=O)N2Cc2ccc(C(F)(F)F)cc2)cc1. The monoisotopic (exact) mass is 514 g/mol. The van der Waals surface area contributed by atoms with Crippen molar-refractivity contribution in [1.82, 2.24) is 4.90 Å². The molecule has 0 bridgehead atoms. The Morgan fingerprint density at radius 3 is 2.43 bits per heavy atom. The number of para-hydroxylation sites is 1. The van der Waals surface area contributed by atoms with Crippen molar-refractivity contribution in [3.05, 3.63) is 95.1 Å². The number of rotatable bonds is 7. The number of aliphatic hydroxyl groups excluding tert-OH is 1. The number of ether oxygens (including phenoxy) is 2. The minimum atomic E-state index is -4.45. The van der Waals surface area contributed by atoms with Gasteiger partial charge in [0.05, 0.1) is 30.9 Å². The quantitative estimate of drug-likeness (QED) is 0.487. The maximum atomic E-state index is 12.9. The van der Waals surface area contributed by atoms with Crippen LogP contribution in [0.15, 0.2) is 72.8 Å². The molecule has 3 aromatic carbocycles. The molecule has 0 spiro atoms. The Hall–Kier alpha value is -3.89. The van der Waals surface area contributed by atoms with Crippen molar-refractivity contribution in [2.75, 3.05) is 25.6 Å². The van der Waals surface area contributed by atoms with E-state index in [1.54, 1.807) is 48.5 Å². The number of carbonyl (C=O) groups is 2. The van der Waals surface area contributed by atoms with E-state index in [1.165, 1.54) is 24.1 Å². The zero-order valence-corrected chi connectivity index (χ0v) is 19.9. The highest BCUT2D eigenvalue weighted by molar-refractivity contribution is 6.06. The second-order valence-electron chi connectivity index (χ2n) is 8.52. The molecule has 1 aliphatic heterocycles. The number of aliphatic hydroxyl groups is 1. The fourth-order valence-electron chi connectivity index (χ4n) is 4.10. The van der Waals surface area contributed by atoms with E-state index in [9.17, 15) is 27.9 Å². The van der Waals surface area contributed by atoms with Crippen molar-refractivity contribution in [2.45, 2.75) is 24.9 Å². The number of hydrogen-bond acceptors (Lipinski definition) is 5. The second-order valence-corrected chi connectivity index (χ2v) is 8.52. The number of anilines is 1. The molecule has 2 amide bonds. The Morgan fingerprint density at radius 2 is 1.78 bits per heavy atom. The first-order valence-electron chi connectivity index (χ1n) is 11.4. The van der Waals surface area contributed by atoms with Gasteiger partial charge in [-0.15, -0.1) is 0 Å². The molecule has 2 N–H and O–H groups in total. The molecule has 0 aromatic heterocycles. The molecule has 2 unspecified atom stereocenters. The average Bonchev–Trinajstić information content (AvgIpc) is 2.89. The topological polar surface area (TPSA) is 88.1 Å². The van der Waals surface area contributed by atoms with E-state index in [2.05, 4.69) is 5.32 Å². The van der Waals surface area contributed by atoms with E-state index in [0.29, 0.717) is 28.1 Å². The van der Waals surface area contributed by atoms with Crippen molar-refractivity contribution in [2.24, 2.45) is 0 Å². The lowest BCUT2D eigenvalue weighted by Crippen LogP contribution is -2.51. The van der Waals surface area contributed by atoms with Gasteiger partial charge in [0.25, 0.3) is 5.91 Å². The number of hydrogen-bond donors (Lipinski definition) is 2. The van der Waals surface area contributed by atoms with Crippen LogP contribution in [0.3, 0.4) is 0 Å². The lowest BCUT2D eigenvalue weighted by Gasteiger charge is -2.38. The van der Waals surface area contributed by atoms with Crippen molar-refractivity contribution >= 4 is 17.5 Å². The average molecular weight is 515 g/mol. The first kappa shape index (κ1) is 26.2. The van der Waals surface area contributed by atoms with Crippen molar-refractivity contribution in [1.29, 1.82) is 0 Å². The third kappa shape index (κ3) is 6.10. The molecular formula is C27H25F3N2O5. The van der Waals surface area contributed by atoms with Gasteiger partial charge in [-0.3, -0.25) is 9.59 Å². The Bertz CT molecular complexity index is 1250. The molecule has 1 saturated heterocycles. The van der Waals surface area contributed by atoms with Gasteiger partial charge in [-0.25, -0.2) is 0 Å². The number of nitrogens with one attached hydrogen (secondary N) is 1. The van der Waals surface area contributed by atoms with Gasteiger partial charge in [-0.1, -0.05) is 36.4 Å². The minimum absolute atomic E-state index is 0.0229. The van der Waals surface area contributed by atoms with Gasteiger partial charge in [-0.2, -0.15) is 13.2 Å². The van der Waals surface area contributed by atoms with Gasteiger partial charge in [0.15, 0.2) is 0 Å². The molecule has 194 valence electrons. The van der Waals surface area contributed by atoms with Gasteiger partial charge >= 0.3 is 6.18 Å². The summed E-state index contributed by atoms with van der Waals surface area (Å²) < 4.78 is 49.2. The standard InChI is InChI=1S/C27H25F3N2O5/c1-36-23-5-3-2-4-21(23)26(35)31-20-12-8-18(9-13-20)25(34)22-15-37-16-24(33)32(22)14-17-6-10-19(11-7-17)27(28,29)30/h2-13,22,25,34H,14-16H2,1H3,(H,31,35). The Kier molecular flexibility index (Phi) is 7.80. The zero-order valence-electron chi connectivity index (χ0n) is 19.9. The number of nitrogens with zero attached hydrogens (tertiary/aromatic N) is 1. The molecule has 7 nitrogen and oxygen atoms in total. The number of carbonyl (C=O) groups excluding carboxylic acids is 2. The lowest BCUT2D eigenvalue weighted by atomic mass is 9.99. The van der Waals surface area contributed by atoms with Crippen molar-refractivity contribution in [3.8, 4) is 5.75 Å². The third-order valence-electron chi connectivity index (χ3n) is 6.10. The van der Waals surface area contributed by atoms with Gasteiger partial charge in [-0.05, 0) is 47.5 Å². The predicted octanol–water partition coefficient (Wildman–Crippen LogP) is 4.43. The van der Waals surface area contributed by atoms with Gasteiger partial charge in [0, 0.05) is 12.2 Å². The largest absolute Gasteiger partial charge is 0.496 e. The van der Waals surface area contributed by atoms with Crippen LogP contribution in [0.1, 0.15) is 33.2 Å². The summed E-state index contributed by atoms with van der Waals surface area (Å²) in [6, 6.07) is 17.1. The Balaban J connectivity index is 1.46. The lowest BCUT2D eigenvalue weighted by molar-refractivity contribution is -0.155. The summed E-state index contributed by atoms with van der Waals surface area (Å²) in [5, 5.41) is 13.8. The highest BCUT2D eigenvalue weighted by Crippen LogP contribution is 2.31. The zero-order chi connectivity index (χ0) is 26.6. The molecule has 1 aliphatic rings. The van der Waals surface area contributed by atoms with E-state index in [4.69, 9.17) is 9.47 Å². The van der Waals surface area contributed by atoms with Crippen LogP contribution in [0.4, 0.5) is 18.9 Å². The Morgan fingerprint density at radius 1 is 1.11 bits per heavy atom. The van der Waals surface area contributed by atoms with E-state index < -0.39 is 23.9 Å². The minimum Gasteiger partial charge on any atom is -0.496 e. The van der Waals surface area contributed by atoms with E-state index in [-0.39, 0.29) is 31.6 Å². The molecule has 0 saturated carbocycles. The first-order valence-corrected chi connectivity index (χ1v) is 11.4. The van der Waals surface area contributed by atoms with Crippen molar-refractivity contribution < 1.29 is 37.3 Å². The fraction of sp³-hybridized carbons (Fsp3) is 0.259. The molecule has 0 aliphatic carbocycles. The highest BCUT2D eigenvalue weighted by Gasteiger charge is 2.35. The summed E-state index contributed by atoms with van der Waals surface area (Å²) in [5.74, 6) is -0.308. The van der Waals surface area contributed by atoms with Gasteiger partial charge < -0.3 is 24.8 Å². The smallest absolute Gasteiger partial charge is 0.416 e. The highest BCUT2D eigenvalue weighted by atomic mass is 19.4. The van der Waals surface area contributed by atoms with E-state index in [0.717, 1.165) is 12.1 Å². The number of methoxy groups -OCH3 is 1. The molecule has 4 rings (SSSR count). The van der Waals surface area contributed by atoms with Crippen LogP contribution in [0.2, 0.25) is 0 Å². The van der Waals surface area contributed by atoms with Crippen LogP contribution in [0.5, 0.6) is 5.75 Å². The summed E-state index contributed by atoms with van der Waals surface area (Å²) in [7, 11) is 1.48. The molecule has 3 aromatic rings.